The summed E-state index contributed by atoms with van der Waals surface area (Å²) >= 11 is 6.23. The Balaban J connectivity index is 0.00000218. The molecule has 0 atom stereocenters. The molecule has 0 radical (unpaired) electrons. The lowest BCUT2D eigenvalue weighted by Crippen LogP contribution is -2.25. The summed E-state index contributed by atoms with van der Waals surface area (Å²) in [7, 11) is 0. The number of halogens is 2. The molecule has 3 aromatic rings. The third-order valence-electron chi connectivity index (χ3n) is 5.97. The number of aromatic nitrogens is 3. The largest absolute Gasteiger partial charge is 0.490 e. The van der Waals surface area contributed by atoms with Gasteiger partial charge < -0.3 is 10.1 Å². The molecule has 7 heteroatoms. The number of nitrogens with one attached hydrogen (secondary N) is 1. The van der Waals surface area contributed by atoms with Crippen LogP contribution in [0, 0.1) is 6.92 Å². The second-order valence-corrected chi connectivity index (χ2v) is 8.53. The van der Waals surface area contributed by atoms with E-state index in [1.54, 1.807) is 0 Å². The van der Waals surface area contributed by atoms with Gasteiger partial charge in [0.1, 0.15) is 11.6 Å². The Labute approximate surface area is 188 Å². The quantitative estimate of drug-likeness (QED) is 0.590. The topological polar surface area (TPSA) is 52.0 Å². The van der Waals surface area contributed by atoms with Crippen LogP contribution in [0.25, 0.3) is 5.69 Å². The average molecular weight is 445 g/mol. The van der Waals surface area contributed by atoms with E-state index in [9.17, 15) is 0 Å². The molecule has 0 bridgehead atoms. The molecular formula is C23H26Cl2N4O. The summed E-state index contributed by atoms with van der Waals surface area (Å²) in [4.78, 5) is 0. The first kappa shape index (κ1) is 21.2. The summed E-state index contributed by atoms with van der Waals surface area (Å²) in [5.41, 5.74) is 3.57. The number of ether oxygens (including phenoxy) is 1. The monoisotopic (exact) mass is 444 g/mol. The molecule has 0 unspecified atom stereocenters. The van der Waals surface area contributed by atoms with Gasteiger partial charge in [0.05, 0.1) is 18.3 Å². The molecule has 30 heavy (non-hydrogen) atoms. The van der Waals surface area contributed by atoms with E-state index in [1.807, 2.05) is 18.2 Å². The third kappa shape index (κ3) is 4.20. The minimum atomic E-state index is 0. The van der Waals surface area contributed by atoms with Crippen molar-refractivity contribution in [2.24, 2.45) is 0 Å². The highest BCUT2D eigenvalue weighted by atomic mass is 35.5. The van der Waals surface area contributed by atoms with Gasteiger partial charge in [0, 0.05) is 17.5 Å². The lowest BCUT2D eigenvalue weighted by Gasteiger charge is -2.29. The third-order valence-corrected chi connectivity index (χ3v) is 6.20. The van der Waals surface area contributed by atoms with E-state index >= 15 is 0 Å². The molecule has 1 N–H and O–H groups in total. The normalized spacial score (nSPS) is 20.5. The summed E-state index contributed by atoms with van der Waals surface area (Å²) in [5.74, 6) is 3.41. The van der Waals surface area contributed by atoms with Gasteiger partial charge in [0.25, 0.3) is 0 Å². The summed E-state index contributed by atoms with van der Waals surface area (Å²) in [6.07, 6.45) is 4.46. The van der Waals surface area contributed by atoms with Crippen molar-refractivity contribution in [3.8, 4) is 11.4 Å². The van der Waals surface area contributed by atoms with Gasteiger partial charge in [0.15, 0.2) is 5.82 Å². The van der Waals surface area contributed by atoms with E-state index in [1.165, 1.54) is 11.1 Å². The Bertz CT molecular complexity index is 1030. The molecule has 5 rings (SSSR count). The Hall–Kier alpha value is -2.08. The molecule has 2 aromatic carbocycles. The Morgan fingerprint density at radius 2 is 1.87 bits per heavy atom. The first-order valence-electron chi connectivity index (χ1n) is 10.3. The molecule has 0 amide bonds. The van der Waals surface area contributed by atoms with Gasteiger partial charge >= 0.3 is 0 Å². The second kappa shape index (κ2) is 8.96. The highest BCUT2D eigenvalue weighted by Gasteiger charge is 2.30. The van der Waals surface area contributed by atoms with Crippen LogP contribution in [0.4, 0.5) is 0 Å². The van der Waals surface area contributed by atoms with Crippen molar-refractivity contribution in [2.45, 2.75) is 57.7 Å². The van der Waals surface area contributed by atoms with Crippen molar-refractivity contribution in [2.75, 3.05) is 0 Å². The zero-order valence-electron chi connectivity index (χ0n) is 17.0. The standard InChI is InChI=1S/C23H25ClN4O.ClH/c1-15-3-2-4-20(11-15)29-19-8-5-16(6-9-19)23-27-26-22-14-25-13-17-12-18(24)7-10-21(17)28(22)23;/h2-4,7,10-12,16,19,25H,5-6,8-9,13-14H2,1H3;1H. The van der Waals surface area contributed by atoms with Crippen LogP contribution in [0.5, 0.6) is 5.75 Å². The summed E-state index contributed by atoms with van der Waals surface area (Å²) in [6, 6.07) is 14.4. The fraction of sp³-hybridized carbons (Fsp3) is 0.391. The van der Waals surface area contributed by atoms with Crippen molar-refractivity contribution in [1.29, 1.82) is 0 Å². The number of hydrogen-bond acceptors (Lipinski definition) is 4. The highest BCUT2D eigenvalue weighted by Crippen LogP contribution is 2.36. The number of aryl methyl sites for hydroxylation is 1. The van der Waals surface area contributed by atoms with Crippen LogP contribution in [0.3, 0.4) is 0 Å². The summed E-state index contributed by atoms with van der Waals surface area (Å²) in [6.45, 7) is 3.60. The zero-order valence-corrected chi connectivity index (χ0v) is 18.5. The summed E-state index contributed by atoms with van der Waals surface area (Å²) < 4.78 is 8.48. The van der Waals surface area contributed by atoms with Crippen LogP contribution < -0.4 is 10.1 Å². The number of nitrogens with zero attached hydrogens (tertiary/aromatic N) is 3. The molecule has 158 valence electrons. The molecule has 5 nitrogen and oxygen atoms in total. The van der Waals surface area contributed by atoms with Crippen LogP contribution in [0.1, 0.15) is 54.4 Å². The molecule has 1 aliphatic heterocycles. The van der Waals surface area contributed by atoms with E-state index in [-0.39, 0.29) is 18.5 Å². The van der Waals surface area contributed by atoms with Gasteiger partial charge in [-0.15, -0.1) is 22.6 Å². The van der Waals surface area contributed by atoms with E-state index < -0.39 is 0 Å². The number of benzene rings is 2. The number of rotatable bonds is 3. The summed E-state index contributed by atoms with van der Waals surface area (Å²) in [5, 5.41) is 13.3. The van der Waals surface area contributed by atoms with Crippen LogP contribution in [0.15, 0.2) is 42.5 Å². The fourth-order valence-electron chi connectivity index (χ4n) is 4.51. The van der Waals surface area contributed by atoms with Crippen molar-refractivity contribution in [1.82, 2.24) is 20.1 Å². The van der Waals surface area contributed by atoms with Crippen LogP contribution >= 0.6 is 24.0 Å². The molecule has 1 fully saturated rings. The van der Waals surface area contributed by atoms with Crippen LogP contribution in [0.2, 0.25) is 5.02 Å². The minimum absolute atomic E-state index is 0. The molecule has 0 saturated heterocycles. The van der Waals surface area contributed by atoms with E-state index in [2.05, 4.69) is 51.3 Å². The van der Waals surface area contributed by atoms with Gasteiger partial charge in [-0.3, -0.25) is 4.57 Å². The molecule has 1 aromatic heterocycles. The van der Waals surface area contributed by atoms with E-state index in [4.69, 9.17) is 16.3 Å². The molecule has 1 saturated carbocycles. The average Bonchev–Trinajstić information content (AvgIpc) is 3.04. The van der Waals surface area contributed by atoms with Crippen molar-refractivity contribution in [3.63, 3.8) is 0 Å². The van der Waals surface area contributed by atoms with Gasteiger partial charge in [0.2, 0.25) is 0 Å². The Morgan fingerprint density at radius 1 is 1.03 bits per heavy atom. The lowest BCUT2D eigenvalue weighted by atomic mass is 9.86. The first-order chi connectivity index (χ1) is 14.2. The van der Waals surface area contributed by atoms with Gasteiger partial charge in [-0.25, -0.2) is 0 Å². The molecular weight excluding hydrogens is 419 g/mol. The molecule has 2 aliphatic rings. The maximum absolute atomic E-state index is 6.24. The Morgan fingerprint density at radius 3 is 2.67 bits per heavy atom. The maximum atomic E-state index is 6.24. The minimum Gasteiger partial charge on any atom is -0.490 e. The molecule has 0 spiro atoms. The van der Waals surface area contributed by atoms with Gasteiger partial charge in [-0.1, -0.05) is 23.7 Å². The smallest absolute Gasteiger partial charge is 0.151 e. The predicted molar refractivity (Wildman–Crippen MR) is 121 cm³/mol. The van der Waals surface area contributed by atoms with E-state index in [0.29, 0.717) is 12.5 Å². The van der Waals surface area contributed by atoms with E-state index in [0.717, 1.165) is 60.3 Å². The first-order valence-corrected chi connectivity index (χ1v) is 10.7. The van der Waals surface area contributed by atoms with Gasteiger partial charge in [-0.05, 0) is 74.1 Å². The second-order valence-electron chi connectivity index (χ2n) is 8.09. The lowest BCUT2D eigenvalue weighted by molar-refractivity contribution is 0.144. The predicted octanol–water partition coefficient (Wildman–Crippen LogP) is 5.36. The maximum Gasteiger partial charge on any atom is 0.151 e. The highest BCUT2D eigenvalue weighted by molar-refractivity contribution is 6.30. The van der Waals surface area contributed by atoms with Crippen molar-refractivity contribution >= 4 is 24.0 Å². The van der Waals surface area contributed by atoms with Crippen LogP contribution in [-0.4, -0.2) is 20.9 Å². The van der Waals surface area contributed by atoms with Crippen molar-refractivity contribution in [3.05, 3.63) is 70.3 Å². The van der Waals surface area contributed by atoms with Crippen LogP contribution in [-0.2, 0) is 13.1 Å². The number of hydrogen-bond donors (Lipinski definition) is 1. The SMILES string of the molecule is Cc1cccc(OC2CCC(c3nnc4n3-c3ccc(Cl)cc3CNC4)CC2)c1.Cl. The fourth-order valence-corrected chi connectivity index (χ4v) is 4.71. The molecule has 2 heterocycles. The Kier molecular flexibility index (Phi) is 6.32. The zero-order chi connectivity index (χ0) is 19.8. The molecule has 1 aliphatic carbocycles. The number of fused-ring (bicyclic) bond motifs is 3. The van der Waals surface area contributed by atoms with Gasteiger partial charge in [-0.2, -0.15) is 0 Å². The van der Waals surface area contributed by atoms with Crippen molar-refractivity contribution < 1.29 is 4.74 Å².